The van der Waals surface area contributed by atoms with Gasteiger partial charge in [0.15, 0.2) is 0 Å². The molecular weight excluding hydrogens is 244 g/mol. The standard InChI is InChI=1S/C14H20N2OS/c15-14(18)12-7-3-4-8-13(12)16(9-10-17)11-5-1-2-6-11/h3-4,7-8,11,17H,1-2,5-6,9-10H2,(H2,15,18). The van der Waals surface area contributed by atoms with E-state index in [0.29, 0.717) is 17.6 Å². The van der Waals surface area contributed by atoms with Crippen molar-refractivity contribution in [3.8, 4) is 0 Å². The van der Waals surface area contributed by atoms with Gasteiger partial charge < -0.3 is 15.7 Å². The Kier molecular flexibility index (Phi) is 4.55. The van der Waals surface area contributed by atoms with Gasteiger partial charge in [0, 0.05) is 23.8 Å². The first-order chi connectivity index (χ1) is 8.74. The van der Waals surface area contributed by atoms with Gasteiger partial charge in [0.1, 0.15) is 4.99 Å². The Hall–Kier alpha value is -1.13. The van der Waals surface area contributed by atoms with Crippen LogP contribution in [0.5, 0.6) is 0 Å². The summed E-state index contributed by atoms with van der Waals surface area (Å²) in [6.07, 6.45) is 4.90. The van der Waals surface area contributed by atoms with Crippen molar-refractivity contribution in [3.05, 3.63) is 29.8 Å². The summed E-state index contributed by atoms with van der Waals surface area (Å²) < 4.78 is 0. The maximum absolute atomic E-state index is 9.28. The van der Waals surface area contributed by atoms with Crippen molar-refractivity contribution in [2.75, 3.05) is 18.1 Å². The summed E-state index contributed by atoms with van der Waals surface area (Å²) in [5, 5.41) is 9.28. The van der Waals surface area contributed by atoms with Crippen LogP contribution < -0.4 is 10.6 Å². The molecule has 18 heavy (non-hydrogen) atoms. The Morgan fingerprint density at radius 1 is 1.33 bits per heavy atom. The van der Waals surface area contributed by atoms with Gasteiger partial charge in [0.2, 0.25) is 0 Å². The number of aliphatic hydroxyl groups excluding tert-OH is 1. The molecule has 0 unspecified atom stereocenters. The largest absolute Gasteiger partial charge is 0.395 e. The fourth-order valence-electron chi connectivity index (χ4n) is 2.76. The van der Waals surface area contributed by atoms with Crippen LogP contribution in [0.1, 0.15) is 31.2 Å². The quantitative estimate of drug-likeness (QED) is 0.799. The van der Waals surface area contributed by atoms with Gasteiger partial charge in [-0.15, -0.1) is 0 Å². The normalized spacial score (nSPS) is 15.8. The van der Waals surface area contributed by atoms with Crippen molar-refractivity contribution in [3.63, 3.8) is 0 Å². The zero-order valence-electron chi connectivity index (χ0n) is 10.5. The summed E-state index contributed by atoms with van der Waals surface area (Å²) in [6, 6.07) is 8.45. The maximum atomic E-state index is 9.28. The number of nitrogens with two attached hydrogens (primary N) is 1. The van der Waals surface area contributed by atoms with Gasteiger partial charge >= 0.3 is 0 Å². The van der Waals surface area contributed by atoms with Crippen LogP contribution in [0, 0.1) is 0 Å². The molecule has 1 fully saturated rings. The molecular formula is C14H20N2OS. The lowest BCUT2D eigenvalue weighted by atomic mass is 10.1. The molecule has 3 nitrogen and oxygen atoms in total. The highest BCUT2D eigenvalue weighted by molar-refractivity contribution is 7.80. The van der Waals surface area contributed by atoms with Crippen LogP contribution in [0.2, 0.25) is 0 Å². The molecule has 0 bridgehead atoms. The second kappa shape index (κ2) is 6.16. The molecule has 1 saturated carbocycles. The zero-order chi connectivity index (χ0) is 13.0. The maximum Gasteiger partial charge on any atom is 0.106 e. The van der Waals surface area contributed by atoms with E-state index >= 15 is 0 Å². The van der Waals surface area contributed by atoms with Crippen LogP contribution in [0.4, 0.5) is 5.69 Å². The van der Waals surface area contributed by atoms with E-state index < -0.39 is 0 Å². The molecule has 0 aromatic heterocycles. The van der Waals surface area contributed by atoms with E-state index in [9.17, 15) is 5.11 Å². The van der Waals surface area contributed by atoms with E-state index in [2.05, 4.69) is 4.90 Å². The van der Waals surface area contributed by atoms with Crippen molar-refractivity contribution in [2.24, 2.45) is 5.73 Å². The average molecular weight is 264 g/mol. The number of rotatable bonds is 5. The third-order valence-electron chi connectivity index (χ3n) is 3.59. The summed E-state index contributed by atoms with van der Waals surface area (Å²) in [6.45, 7) is 0.798. The molecule has 1 aliphatic carbocycles. The SMILES string of the molecule is NC(=S)c1ccccc1N(CCO)C1CCCC1. The molecule has 0 spiro atoms. The van der Waals surface area contributed by atoms with E-state index in [1.54, 1.807) is 0 Å². The molecule has 0 saturated heterocycles. The molecule has 0 radical (unpaired) electrons. The third kappa shape index (κ3) is 2.82. The molecule has 4 heteroatoms. The lowest BCUT2D eigenvalue weighted by molar-refractivity contribution is 0.297. The molecule has 1 aromatic carbocycles. The topological polar surface area (TPSA) is 49.5 Å². The van der Waals surface area contributed by atoms with Gasteiger partial charge in [-0.05, 0) is 25.0 Å². The monoisotopic (exact) mass is 264 g/mol. The lowest BCUT2D eigenvalue weighted by Crippen LogP contribution is -2.37. The molecule has 0 aliphatic heterocycles. The van der Waals surface area contributed by atoms with Crippen LogP contribution in [0.15, 0.2) is 24.3 Å². The van der Waals surface area contributed by atoms with Gasteiger partial charge in [-0.1, -0.05) is 37.2 Å². The van der Waals surface area contributed by atoms with Crippen molar-refractivity contribution >= 4 is 22.9 Å². The van der Waals surface area contributed by atoms with Gasteiger partial charge in [-0.25, -0.2) is 0 Å². The van der Waals surface area contributed by atoms with Gasteiger partial charge in [0.05, 0.1) is 6.61 Å². The summed E-state index contributed by atoms with van der Waals surface area (Å²) in [5.41, 5.74) is 7.76. The molecule has 3 N–H and O–H groups in total. The molecule has 2 rings (SSSR count). The summed E-state index contributed by atoms with van der Waals surface area (Å²) >= 11 is 5.12. The van der Waals surface area contributed by atoms with Crippen LogP contribution in [0.25, 0.3) is 0 Å². The van der Waals surface area contributed by atoms with Gasteiger partial charge in [0.25, 0.3) is 0 Å². The number of aliphatic hydroxyl groups is 1. The lowest BCUT2D eigenvalue weighted by Gasteiger charge is -2.32. The van der Waals surface area contributed by atoms with Gasteiger partial charge in [-0.3, -0.25) is 0 Å². The molecule has 0 heterocycles. The van der Waals surface area contributed by atoms with Crippen LogP contribution in [-0.4, -0.2) is 29.3 Å². The van der Waals surface area contributed by atoms with E-state index in [1.165, 1.54) is 25.7 Å². The highest BCUT2D eigenvalue weighted by Crippen LogP contribution is 2.30. The number of para-hydroxylation sites is 1. The third-order valence-corrected chi connectivity index (χ3v) is 3.81. The van der Waals surface area contributed by atoms with E-state index in [0.717, 1.165) is 11.3 Å². The summed E-state index contributed by atoms with van der Waals surface area (Å²) in [4.78, 5) is 2.69. The zero-order valence-corrected chi connectivity index (χ0v) is 11.3. The summed E-state index contributed by atoms with van der Waals surface area (Å²) in [7, 11) is 0. The molecule has 0 amide bonds. The Balaban J connectivity index is 2.32. The fraction of sp³-hybridized carbons (Fsp3) is 0.500. The number of hydrogen-bond donors (Lipinski definition) is 2. The number of nitrogens with zero attached hydrogens (tertiary/aromatic N) is 1. The molecule has 1 aromatic rings. The smallest absolute Gasteiger partial charge is 0.106 e. The Labute approximate surface area is 114 Å². The van der Waals surface area contributed by atoms with Crippen LogP contribution in [0.3, 0.4) is 0 Å². The fourth-order valence-corrected chi connectivity index (χ4v) is 2.93. The van der Waals surface area contributed by atoms with E-state index in [-0.39, 0.29) is 6.61 Å². The van der Waals surface area contributed by atoms with Crippen molar-refractivity contribution in [2.45, 2.75) is 31.7 Å². The van der Waals surface area contributed by atoms with E-state index in [1.807, 2.05) is 24.3 Å². The first-order valence-corrected chi connectivity index (χ1v) is 6.91. The van der Waals surface area contributed by atoms with Crippen molar-refractivity contribution in [1.29, 1.82) is 0 Å². The molecule has 98 valence electrons. The minimum atomic E-state index is 0.155. The Morgan fingerprint density at radius 3 is 2.61 bits per heavy atom. The first kappa shape index (κ1) is 13.3. The number of thiocarbonyl (C=S) groups is 1. The summed E-state index contributed by atoms with van der Waals surface area (Å²) in [5.74, 6) is 0. The highest BCUT2D eigenvalue weighted by Gasteiger charge is 2.24. The average Bonchev–Trinajstić information content (AvgIpc) is 2.89. The number of hydrogen-bond acceptors (Lipinski definition) is 3. The van der Waals surface area contributed by atoms with Crippen LogP contribution >= 0.6 is 12.2 Å². The van der Waals surface area contributed by atoms with Crippen molar-refractivity contribution in [1.82, 2.24) is 0 Å². The minimum Gasteiger partial charge on any atom is -0.395 e. The number of anilines is 1. The molecule has 0 atom stereocenters. The van der Waals surface area contributed by atoms with Gasteiger partial charge in [-0.2, -0.15) is 0 Å². The predicted molar refractivity (Wildman–Crippen MR) is 79.0 cm³/mol. The second-order valence-electron chi connectivity index (χ2n) is 4.74. The predicted octanol–water partition coefficient (Wildman–Crippen LogP) is 2.06. The van der Waals surface area contributed by atoms with E-state index in [4.69, 9.17) is 18.0 Å². The van der Waals surface area contributed by atoms with Crippen molar-refractivity contribution < 1.29 is 5.11 Å². The number of benzene rings is 1. The molecule has 1 aliphatic rings. The Bertz CT molecular complexity index is 416. The highest BCUT2D eigenvalue weighted by atomic mass is 32.1. The minimum absolute atomic E-state index is 0.155. The second-order valence-corrected chi connectivity index (χ2v) is 5.18. The first-order valence-electron chi connectivity index (χ1n) is 6.50. The Morgan fingerprint density at radius 2 is 2.00 bits per heavy atom. The van der Waals surface area contributed by atoms with Crippen LogP contribution in [-0.2, 0) is 0 Å².